The maximum absolute atomic E-state index is 13.1. The molecule has 0 aromatic heterocycles. The number of fused-ring (bicyclic) bond motifs is 2. The van der Waals surface area contributed by atoms with Crippen molar-refractivity contribution in [2.45, 2.75) is 50.4 Å². The van der Waals surface area contributed by atoms with Gasteiger partial charge in [-0.3, -0.25) is 14.5 Å². The van der Waals surface area contributed by atoms with Crippen LogP contribution < -0.4 is 14.2 Å². The quantitative estimate of drug-likeness (QED) is 0.550. The van der Waals surface area contributed by atoms with Crippen LogP contribution in [0.1, 0.15) is 49.3 Å². The number of hydrogen-bond donors (Lipinski definition) is 0. The summed E-state index contributed by atoms with van der Waals surface area (Å²) in [4.78, 5) is 28.2. The monoisotopic (exact) mass is 403 g/mol. The third-order valence-electron chi connectivity index (χ3n) is 6.46. The molecule has 8 nitrogen and oxygen atoms in total. The van der Waals surface area contributed by atoms with Crippen LogP contribution in [0.5, 0.6) is 17.2 Å². The van der Waals surface area contributed by atoms with Crippen LogP contribution in [0.2, 0.25) is 0 Å². The molecule has 8 heteroatoms. The van der Waals surface area contributed by atoms with Crippen molar-refractivity contribution in [2.24, 2.45) is 5.92 Å². The van der Waals surface area contributed by atoms with Crippen LogP contribution in [-0.2, 0) is 25.5 Å². The third-order valence-corrected chi connectivity index (χ3v) is 6.46. The zero-order valence-corrected chi connectivity index (χ0v) is 16.7. The number of benzene rings is 1. The van der Waals surface area contributed by atoms with E-state index >= 15 is 0 Å². The first-order valence-corrected chi connectivity index (χ1v) is 10.2. The molecule has 1 aromatic rings. The van der Waals surface area contributed by atoms with E-state index < -0.39 is 29.7 Å². The van der Waals surface area contributed by atoms with E-state index in [0.29, 0.717) is 36.6 Å². The molecule has 0 amide bonds. The summed E-state index contributed by atoms with van der Waals surface area (Å²) in [6, 6.07) is 1.37. The molecule has 0 N–H and O–H groups in total. The fourth-order valence-corrected chi connectivity index (χ4v) is 5.05. The van der Waals surface area contributed by atoms with Crippen molar-refractivity contribution in [3.63, 3.8) is 0 Å². The molecule has 156 valence electrons. The maximum Gasteiger partial charge on any atom is 0.325 e. The van der Waals surface area contributed by atoms with Crippen molar-refractivity contribution in [3.05, 3.63) is 17.2 Å². The number of nitrogens with zero attached hydrogens (tertiary/aromatic N) is 1. The molecule has 3 heterocycles. The minimum Gasteiger partial charge on any atom is -0.492 e. The topological polar surface area (TPSA) is 83.5 Å². The molecule has 0 unspecified atom stereocenters. The van der Waals surface area contributed by atoms with Crippen LogP contribution in [0.4, 0.5) is 0 Å². The zero-order valence-electron chi connectivity index (χ0n) is 16.7. The molecule has 1 aromatic carbocycles. The Balaban J connectivity index is 1.55. The van der Waals surface area contributed by atoms with Gasteiger partial charge in [-0.1, -0.05) is 6.42 Å². The number of carbonyl (C=O) groups is 2. The van der Waals surface area contributed by atoms with Gasteiger partial charge < -0.3 is 23.7 Å². The summed E-state index contributed by atoms with van der Waals surface area (Å²) in [6.45, 7) is 0.799. The van der Waals surface area contributed by atoms with Crippen molar-refractivity contribution in [1.82, 2.24) is 4.90 Å². The Hall–Kier alpha value is -2.48. The van der Waals surface area contributed by atoms with E-state index in [9.17, 15) is 9.59 Å². The van der Waals surface area contributed by atoms with Gasteiger partial charge in [0.2, 0.25) is 12.5 Å². The van der Waals surface area contributed by atoms with E-state index in [-0.39, 0.29) is 6.79 Å². The Morgan fingerprint density at radius 3 is 2.52 bits per heavy atom. The summed E-state index contributed by atoms with van der Waals surface area (Å²) in [6.07, 6.45) is 4.70. The minimum atomic E-state index is -1.09. The average Bonchev–Trinajstić information content (AvgIpc) is 3.16. The molecule has 1 saturated carbocycles. The molecule has 0 bridgehead atoms. The lowest BCUT2D eigenvalue weighted by molar-refractivity contribution is -0.263. The predicted molar refractivity (Wildman–Crippen MR) is 99.7 cm³/mol. The van der Waals surface area contributed by atoms with Crippen molar-refractivity contribution >= 4 is 11.9 Å². The van der Waals surface area contributed by atoms with E-state index in [1.54, 1.807) is 7.11 Å². The molecular formula is C21H25NO7. The van der Waals surface area contributed by atoms with E-state index in [1.807, 2.05) is 18.0 Å². The van der Waals surface area contributed by atoms with Gasteiger partial charge in [-0.05, 0) is 37.9 Å². The lowest BCUT2D eigenvalue weighted by Crippen LogP contribution is -2.54. The molecule has 0 radical (unpaired) electrons. The second kappa shape index (κ2) is 6.79. The number of ether oxygens (including phenoxy) is 5. The Morgan fingerprint density at radius 2 is 1.83 bits per heavy atom. The molecule has 2 fully saturated rings. The van der Waals surface area contributed by atoms with Gasteiger partial charge in [-0.15, -0.1) is 0 Å². The summed E-state index contributed by atoms with van der Waals surface area (Å²) < 4.78 is 28.4. The normalized spacial score (nSPS) is 26.1. The van der Waals surface area contributed by atoms with E-state index in [1.165, 1.54) is 0 Å². The molecule has 3 aliphatic heterocycles. The molecule has 1 saturated heterocycles. The molecular weight excluding hydrogens is 378 g/mol. The number of carbonyl (C=O) groups excluding carboxylic acids is 2. The van der Waals surface area contributed by atoms with Crippen molar-refractivity contribution in [2.75, 3.05) is 27.5 Å². The van der Waals surface area contributed by atoms with Crippen LogP contribution in [0, 0.1) is 5.92 Å². The summed E-state index contributed by atoms with van der Waals surface area (Å²) >= 11 is 0. The molecule has 1 atom stereocenters. The maximum atomic E-state index is 13.1. The van der Waals surface area contributed by atoms with Crippen LogP contribution in [0.3, 0.4) is 0 Å². The van der Waals surface area contributed by atoms with Crippen LogP contribution >= 0.6 is 0 Å². The van der Waals surface area contributed by atoms with Gasteiger partial charge in [-0.2, -0.15) is 0 Å². The second-order valence-electron chi connectivity index (χ2n) is 8.18. The molecule has 1 aliphatic carbocycles. The highest BCUT2D eigenvalue weighted by atomic mass is 16.7. The molecule has 5 rings (SSSR count). The van der Waals surface area contributed by atoms with Crippen LogP contribution in [-0.4, -0.2) is 50.1 Å². The summed E-state index contributed by atoms with van der Waals surface area (Å²) in [5.74, 6) is -1.56. The van der Waals surface area contributed by atoms with E-state index in [0.717, 1.165) is 36.8 Å². The van der Waals surface area contributed by atoms with Crippen molar-refractivity contribution in [1.29, 1.82) is 0 Å². The van der Waals surface area contributed by atoms with E-state index in [4.69, 9.17) is 23.7 Å². The summed E-state index contributed by atoms with van der Waals surface area (Å²) in [5, 5.41) is 0. The second-order valence-corrected chi connectivity index (χ2v) is 8.18. The van der Waals surface area contributed by atoms with Crippen molar-refractivity contribution in [3.8, 4) is 17.2 Å². The predicted octanol–water partition coefficient (Wildman–Crippen LogP) is 2.33. The van der Waals surface area contributed by atoms with Gasteiger partial charge in [0.25, 0.3) is 5.79 Å². The molecule has 4 aliphatic rings. The first-order valence-electron chi connectivity index (χ1n) is 10.2. The van der Waals surface area contributed by atoms with Gasteiger partial charge in [0.15, 0.2) is 17.4 Å². The first-order chi connectivity index (χ1) is 14.0. The van der Waals surface area contributed by atoms with E-state index in [2.05, 4.69) is 0 Å². The van der Waals surface area contributed by atoms with Gasteiger partial charge in [0.1, 0.15) is 0 Å². The minimum absolute atomic E-state index is 0.116. The van der Waals surface area contributed by atoms with Gasteiger partial charge >= 0.3 is 11.9 Å². The fourth-order valence-electron chi connectivity index (χ4n) is 5.05. The standard InChI is InChI=1S/C21H25NO7/c1-22-9-6-12-10-13-17(27-11-26-13)18(25-2)14(12)16(22)15-19(23)28-21(29-20(15)24)7-4-3-5-8-21/h10,15-16H,3-9,11H2,1-2H3/t16-/m0/s1. The summed E-state index contributed by atoms with van der Waals surface area (Å²) in [5.41, 5.74) is 1.75. The largest absolute Gasteiger partial charge is 0.492 e. The molecule has 29 heavy (non-hydrogen) atoms. The number of hydrogen-bond acceptors (Lipinski definition) is 8. The highest BCUT2D eigenvalue weighted by Gasteiger charge is 2.54. The highest BCUT2D eigenvalue weighted by molar-refractivity contribution is 5.98. The van der Waals surface area contributed by atoms with Crippen LogP contribution in [0.25, 0.3) is 0 Å². The number of methoxy groups -OCH3 is 1. The van der Waals surface area contributed by atoms with Gasteiger partial charge in [0, 0.05) is 24.9 Å². The Kier molecular flexibility index (Phi) is 4.34. The van der Waals surface area contributed by atoms with Crippen LogP contribution in [0.15, 0.2) is 6.07 Å². The lowest BCUT2D eigenvalue weighted by Gasteiger charge is -2.45. The van der Waals surface area contributed by atoms with Crippen molar-refractivity contribution < 1.29 is 33.3 Å². The number of likely N-dealkylation sites (N-methyl/N-ethyl adjacent to an activating group) is 1. The SMILES string of the molecule is COc1c2c(cc3c1[C@@H](C1C(=O)OC4(CCCCC4)OC1=O)N(C)CC3)OCO2. The number of rotatable bonds is 2. The average molecular weight is 403 g/mol. The third kappa shape index (κ3) is 2.84. The summed E-state index contributed by atoms with van der Waals surface area (Å²) in [7, 11) is 3.45. The Bertz CT molecular complexity index is 841. The fraction of sp³-hybridized carbons (Fsp3) is 0.619. The smallest absolute Gasteiger partial charge is 0.325 e. The van der Waals surface area contributed by atoms with Gasteiger partial charge in [0.05, 0.1) is 13.2 Å². The number of esters is 2. The highest BCUT2D eigenvalue weighted by Crippen LogP contribution is 2.52. The molecule has 1 spiro atoms. The Morgan fingerprint density at radius 1 is 1.10 bits per heavy atom. The van der Waals surface area contributed by atoms with Gasteiger partial charge in [-0.25, -0.2) is 0 Å². The first kappa shape index (κ1) is 18.5. The zero-order chi connectivity index (χ0) is 20.2. The Labute approximate surface area is 169 Å². The lowest BCUT2D eigenvalue weighted by atomic mass is 9.82.